The summed E-state index contributed by atoms with van der Waals surface area (Å²) in [6, 6.07) is 10.9. The molecule has 0 unspecified atom stereocenters. The van der Waals surface area contributed by atoms with Crippen LogP contribution in [0.5, 0.6) is 11.5 Å². The number of nitrogens with zero attached hydrogens (tertiary/aromatic N) is 1. The van der Waals surface area contributed by atoms with Crippen molar-refractivity contribution in [3.05, 3.63) is 85.2 Å². The molecule has 14 heteroatoms. The summed E-state index contributed by atoms with van der Waals surface area (Å²) in [5.74, 6) is -2.61. The van der Waals surface area contributed by atoms with Gasteiger partial charge >= 0.3 is 29.6 Å². The fraction of sp³-hybridized carbons (Fsp3) is 0.160. The molecule has 3 rings (SSSR count). The number of amides is 1. The van der Waals surface area contributed by atoms with Crippen molar-refractivity contribution in [1.82, 2.24) is 0 Å². The van der Waals surface area contributed by atoms with E-state index in [1.54, 1.807) is 6.92 Å². The number of hydrogen-bond donors (Lipinski definition) is 1. The third-order valence-corrected chi connectivity index (χ3v) is 7.10. The SMILES string of the molecule is CCCC(=O)c1ccc(NC(=O)Cc2ccc(Cl)c(Oc3cc(Cl)cc(C#N)c3)c2F)c(Cl)c1S([NH-])(=O)=O.[Na+]. The molecule has 0 radical (unpaired) electrons. The number of benzene rings is 3. The number of carbonyl (C=O) groups excluding carboxylic acids is 2. The number of carbonyl (C=O) groups is 2. The molecule has 0 atom stereocenters. The number of anilines is 1. The van der Waals surface area contributed by atoms with Crippen molar-refractivity contribution in [2.24, 2.45) is 0 Å². The van der Waals surface area contributed by atoms with Gasteiger partial charge in [-0.05, 0) is 42.8 Å². The van der Waals surface area contributed by atoms with Gasteiger partial charge in [0, 0.05) is 22.6 Å². The summed E-state index contributed by atoms with van der Waals surface area (Å²) in [6.07, 6.45) is -0.0481. The Labute approximate surface area is 261 Å². The second-order valence-corrected chi connectivity index (χ2v) is 10.6. The number of ketones is 1. The molecule has 0 aliphatic heterocycles. The Kier molecular flexibility index (Phi) is 11.8. The quantitative estimate of drug-likeness (QED) is 0.279. The van der Waals surface area contributed by atoms with Gasteiger partial charge in [0.15, 0.2) is 17.3 Å². The Morgan fingerprint density at radius 2 is 1.82 bits per heavy atom. The van der Waals surface area contributed by atoms with Gasteiger partial charge in [-0.25, -0.2) is 12.8 Å². The van der Waals surface area contributed by atoms with Crippen molar-refractivity contribution in [2.45, 2.75) is 31.1 Å². The number of rotatable bonds is 9. The van der Waals surface area contributed by atoms with Crippen LogP contribution >= 0.6 is 34.8 Å². The van der Waals surface area contributed by atoms with E-state index in [2.05, 4.69) is 5.32 Å². The summed E-state index contributed by atoms with van der Waals surface area (Å²) in [4.78, 5) is 24.3. The molecule has 0 aromatic heterocycles. The average molecular weight is 621 g/mol. The molecule has 39 heavy (non-hydrogen) atoms. The number of nitriles is 1. The van der Waals surface area contributed by atoms with Gasteiger partial charge in [-0.1, -0.05) is 47.8 Å². The first-order chi connectivity index (χ1) is 17.8. The van der Waals surface area contributed by atoms with E-state index in [1.165, 1.54) is 36.4 Å². The zero-order valence-corrected chi connectivity index (χ0v) is 25.7. The first-order valence-corrected chi connectivity index (χ1v) is 13.5. The molecule has 2 N–H and O–H groups in total. The predicted molar refractivity (Wildman–Crippen MR) is 142 cm³/mol. The maximum Gasteiger partial charge on any atom is 1.00 e. The molecule has 0 saturated carbocycles. The number of hydrogen-bond acceptors (Lipinski definition) is 6. The fourth-order valence-electron chi connectivity index (χ4n) is 3.47. The number of nitrogens with one attached hydrogen (secondary N) is 2. The van der Waals surface area contributed by atoms with Gasteiger partial charge in [-0.15, -0.1) is 0 Å². The molecule has 198 valence electrons. The van der Waals surface area contributed by atoms with Crippen molar-refractivity contribution in [2.75, 3.05) is 5.32 Å². The van der Waals surface area contributed by atoms with Crippen molar-refractivity contribution in [3.63, 3.8) is 0 Å². The minimum atomic E-state index is -4.67. The Balaban J connectivity index is 0.00000533. The molecule has 0 bridgehead atoms. The maximum absolute atomic E-state index is 15.3. The van der Waals surface area contributed by atoms with E-state index in [1.807, 2.05) is 6.07 Å². The topological polar surface area (TPSA) is 137 Å². The summed E-state index contributed by atoms with van der Waals surface area (Å²) in [7, 11) is -4.67. The van der Waals surface area contributed by atoms with Crippen LogP contribution < -0.4 is 39.6 Å². The minimum absolute atomic E-state index is 0. The summed E-state index contributed by atoms with van der Waals surface area (Å²) in [5.41, 5.74) is -0.378. The number of Topliss-reactive ketones (excluding diaryl/α,β-unsaturated/α-hetero) is 1. The minimum Gasteiger partial charge on any atom is -0.560 e. The van der Waals surface area contributed by atoms with Crippen LogP contribution in [0.2, 0.25) is 15.1 Å². The van der Waals surface area contributed by atoms with E-state index >= 15 is 4.39 Å². The van der Waals surface area contributed by atoms with E-state index in [4.69, 9.17) is 49.9 Å². The monoisotopic (exact) mass is 619 g/mol. The third-order valence-electron chi connectivity index (χ3n) is 5.12. The van der Waals surface area contributed by atoms with Crippen LogP contribution in [0.25, 0.3) is 5.14 Å². The first kappa shape index (κ1) is 33.0. The largest absolute Gasteiger partial charge is 1.00 e. The number of ether oxygens (including phenoxy) is 1. The normalized spacial score (nSPS) is 10.8. The number of sulfonamides is 1. The average Bonchev–Trinajstić information content (AvgIpc) is 2.83. The predicted octanol–water partition coefficient (Wildman–Crippen LogP) is 4.36. The van der Waals surface area contributed by atoms with Crippen LogP contribution in [-0.2, 0) is 21.2 Å². The van der Waals surface area contributed by atoms with Crippen molar-refractivity contribution in [1.29, 1.82) is 5.26 Å². The van der Waals surface area contributed by atoms with E-state index in [9.17, 15) is 18.0 Å². The molecule has 0 aliphatic rings. The van der Waals surface area contributed by atoms with Gasteiger partial charge in [0.1, 0.15) is 15.8 Å². The molecular formula is C25H18Cl3FN3NaO5S. The van der Waals surface area contributed by atoms with Crippen LogP contribution in [-0.4, -0.2) is 20.1 Å². The Morgan fingerprint density at radius 3 is 2.44 bits per heavy atom. The van der Waals surface area contributed by atoms with Crippen molar-refractivity contribution < 1.29 is 56.7 Å². The molecule has 1 amide bonds. The summed E-state index contributed by atoms with van der Waals surface area (Å²) in [6.45, 7) is 1.73. The smallest absolute Gasteiger partial charge is 0.560 e. The second-order valence-electron chi connectivity index (χ2n) is 7.94. The van der Waals surface area contributed by atoms with E-state index < -0.39 is 49.6 Å². The van der Waals surface area contributed by atoms with Crippen LogP contribution in [0.4, 0.5) is 10.1 Å². The first-order valence-electron chi connectivity index (χ1n) is 10.9. The van der Waals surface area contributed by atoms with Gasteiger partial charge in [0.05, 0.1) is 38.7 Å². The van der Waals surface area contributed by atoms with Crippen molar-refractivity contribution >= 4 is 62.2 Å². The van der Waals surface area contributed by atoms with E-state index in [0.29, 0.717) is 6.42 Å². The summed E-state index contributed by atoms with van der Waals surface area (Å²) < 4.78 is 44.9. The zero-order chi connectivity index (χ0) is 28.2. The zero-order valence-electron chi connectivity index (χ0n) is 20.6. The second kappa shape index (κ2) is 13.9. The van der Waals surface area contributed by atoms with E-state index in [0.717, 1.165) is 6.07 Å². The van der Waals surface area contributed by atoms with Crippen LogP contribution in [0, 0.1) is 17.1 Å². The fourth-order valence-corrected chi connectivity index (χ4v) is 5.22. The van der Waals surface area contributed by atoms with Gasteiger partial charge < -0.3 is 15.2 Å². The standard InChI is InChI=1S/C25H19Cl3FN3O5S.Na/c1-2-3-20(33)17-5-7-19(22(28)25(17)38(31,35)36)32-21(34)10-14-4-6-18(27)24(23(14)29)37-16-9-13(12-30)8-15(26)11-16;/h4-9,11H,2-3,10H2,1H3,(H3,31,32,33,34,35,36);/q;+1/p-1. The molecule has 0 aliphatic carbocycles. The molecule has 3 aromatic carbocycles. The van der Waals surface area contributed by atoms with Crippen LogP contribution in [0.15, 0.2) is 47.4 Å². The molecule has 3 aromatic rings. The van der Waals surface area contributed by atoms with Gasteiger partial charge in [0.25, 0.3) is 0 Å². The summed E-state index contributed by atoms with van der Waals surface area (Å²) in [5, 5.41) is 18.5. The molecule has 0 saturated heterocycles. The molecule has 0 heterocycles. The Bertz CT molecular complexity index is 1600. The Morgan fingerprint density at radius 1 is 1.13 bits per heavy atom. The number of halogens is 4. The van der Waals surface area contributed by atoms with Crippen molar-refractivity contribution in [3.8, 4) is 17.6 Å². The molecule has 8 nitrogen and oxygen atoms in total. The van der Waals surface area contributed by atoms with Gasteiger partial charge in [-0.3, -0.25) is 9.59 Å². The maximum atomic E-state index is 15.3. The molecule has 0 spiro atoms. The molecular weight excluding hydrogens is 603 g/mol. The molecule has 0 fully saturated rings. The summed E-state index contributed by atoms with van der Waals surface area (Å²) >= 11 is 18.2. The Hall–Kier alpha value is -2.20. The van der Waals surface area contributed by atoms with Crippen LogP contribution in [0.1, 0.15) is 41.3 Å². The van der Waals surface area contributed by atoms with Crippen LogP contribution in [0.3, 0.4) is 0 Å². The van der Waals surface area contributed by atoms with Gasteiger partial charge in [0.2, 0.25) is 5.91 Å². The van der Waals surface area contributed by atoms with Gasteiger partial charge in [-0.2, -0.15) is 5.26 Å². The third kappa shape index (κ3) is 8.16. The van der Waals surface area contributed by atoms with E-state index in [-0.39, 0.29) is 74.2 Å².